The maximum Gasteiger partial charge on any atom is 0.243 e. The zero-order valence-corrected chi connectivity index (χ0v) is 23.3. The molecule has 2 aliphatic carbocycles. The first-order valence-electron chi connectivity index (χ1n) is 14.2. The lowest BCUT2D eigenvalue weighted by Gasteiger charge is -2.28. The highest BCUT2D eigenvalue weighted by atomic mass is 16.2. The van der Waals surface area contributed by atoms with E-state index in [0.29, 0.717) is 12.3 Å². The summed E-state index contributed by atoms with van der Waals surface area (Å²) < 4.78 is 0. The summed E-state index contributed by atoms with van der Waals surface area (Å²) in [5.74, 6) is -0.634. The van der Waals surface area contributed by atoms with Gasteiger partial charge in [-0.2, -0.15) is 0 Å². The zero-order chi connectivity index (χ0) is 28.1. The third-order valence-electron chi connectivity index (χ3n) is 7.61. The summed E-state index contributed by atoms with van der Waals surface area (Å²) in [5.41, 5.74) is 5.79. The Labute approximate surface area is 226 Å². The molecule has 1 heterocycles. The van der Waals surface area contributed by atoms with E-state index < -0.39 is 23.9 Å². The monoisotopic (exact) mass is 536 g/mol. The van der Waals surface area contributed by atoms with Crippen LogP contribution in [0.25, 0.3) is 0 Å². The Balaban J connectivity index is 0.000000624. The van der Waals surface area contributed by atoms with E-state index >= 15 is 0 Å². The average molecular weight is 537 g/mol. The van der Waals surface area contributed by atoms with Gasteiger partial charge in [-0.25, -0.2) is 0 Å². The molecule has 216 valence electrons. The lowest BCUT2D eigenvalue weighted by atomic mass is 9.84. The van der Waals surface area contributed by atoms with Crippen molar-refractivity contribution in [2.45, 2.75) is 103 Å². The molecule has 0 aromatic carbocycles. The van der Waals surface area contributed by atoms with Gasteiger partial charge in [-0.15, -0.1) is 0 Å². The van der Waals surface area contributed by atoms with Crippen molar-refractivity contribution >= 4 is 29.5 Å². The van der Waals surface area contributed by atoms with Gasteiger partial charge in [0.15, 0.2) is 0 Å². The molecule has 3 unspecified atom stereocenters. The van der Waals surface area contributed by atoms with Gasteiger partial charge in [-0.05, 0) is 43.9 Å². The van der Waals surface area contributed by atoms with Crippen LogP contribution >= 0.6 is 0 Å². The summed E-state index contributed by atoms with van der Waals surface area (Å²) in [6.45, 7) is 6.14. The van der Waals surface area contributed by atoms with E-state index in [1.165, 1.54) is 6.42 Å². The second kappa shape index (κ2) is 16.3. The predicted molar refractivity (Wildman–Crippen MR) is 145 cm³/mol. The van der Waals surface area contributed by atoms with E-state index in [0.717, 1.165) is 57.9 Å². The van der Waals surface area contributed by atoms with Crippen molar-refractivity contribution in [2.24, 2.45) is 23.5 Å². The van der Waals surface area contributed by atoms with Crippen LogP contribution in [0.4, 0.5) is 0 Å². The molecule has 0 aromatic heterocycles. The fourth-order valence-corrected chi connectivity index (χ4v) is 4.66. The molecular formula is C27H48N6O5. The fourth-order valence-electron chi connectivity index (χ4n) is 4.66. The van der Waals surface area contributed by atoms with E-state index in [2.05, 4.69) is 26.6 Å². The molecule has 11 heteroatoms. The van der Waals surface area contributed by atoms with E-state index in [4.69, 9.17) is 5.73 Å². The third kappa shape index (κ3) is 11.4. The van der Waals surface area contributed by atoms with Gasteiger partial charge in [0, 0.05) is 18.5 Å². The Bertz CT molecular complexity index is 810. The average Bonchev–Trinajstić information content (AvgIpc) is 3.25. The van der Waals surface area contributed by atoms with Crippen LogP contribution < -0.4 is 32.3 Å². The fraction of sp³-hybridized carbons (Fsp3) is 0.815. The Morgan fingerprint density at radius 2 is 1.53 bits per heavy atom. The third-order valence-corrected chi connectivity index (χ3v) is 7.61. The van der Waals surface area contributed by atoms with Gasteiger partial charge in [0.25, 0.3) is 0 Å². The van der Waals surface area contributed by atoms with Crippen molar-refractivity contribution in [2.75, 3.05) is 19.6 Å². The number of nitrogens with one attached hydrogen (secondary N) is 5. The largest absolute Gasteiger partial charge is 0.356 e. The van der Waals surface area contributed by atoms with Crippen LogP contribution in [0, 0.1) is 17.8 Å². The standard InChI is InChI=1S/C22H39N5O4.C5H9NO/c1-14(2)20(23)22(31)25-13-19(29)27-17(11-15-7-4-3-5-8-15)21(30)24-12-18(28)26-16-9-6-10-16;1-4-2-3-6-5(4)7/h14-17,20H,3-13,23H2,1-2H3,(H,24,30)(H,25,31)(H,26,28)(H,27,29);4H,2-3H2,1H3,(H,6,7). The molecule has 3 aliphatic rings. The lowest BCUT2D eigenvalue weighted by molar-refractivity contribution is -0.131. The number of amides is 5. The molecule has 2 saturated carbocycles. The molecule has 5 amide bonds. The van der Waals surface area contributed by atoms with Crippen LogP contribution in [0.3, 0.4) is 0 Å². The molecule has 3 rings (SSSR count). The highest BCUT2D eigenvalue weighted by molar-refractivity contribution is 5.92. The Hall–Kier alpha value is -2.69. The van der Waals surface area contributed by atoms with Gasteiger partial charge in [-0.1, -0.05) is 52.9 Å². The molecule has 0 spiro atoms. The van der Waals surface area contributed by atoms with Crippen LogP contribution in [0.15, 0.2) is 0 Å². The molecule has 0 radical (unpaired) electrons. The first kappa shape index (κ1) is 31.5. The predicted octanol–water partition coefficient (Wildman–Crippen LogP) is 0.468. The smallest absolute Gasteiger partial charge is 0.243 e. The van der Waals surface area contributed by atoms with Crippen LogP contribution in [-0.2, 0) is 24.0 Å². The van der Waals surface area contributed by atoms with E-state index in [1.807, 2.05) is 20.8 Å². The van der Waals surface area contributed by atoms with Crippen LogP contribution in [0.1, 0.15) is 85.0 Å². The van der Waals surface area contributed by atoms with Crippen molar-refractivity contribution in [3.05, 3.63) is 0 Å². The number of carbonyl (C=O) groups is 5. The van der Waals surface area contributed by atoms with Crippen molar-refractivity contribution in [1.82, 2.24) is 26.6 Å². The molecule has 0 aromatic rings. The minimum atomic E-state index is -0.734. The molecule has 11 nitrogen and oxygen atoms in total. The maximum absolute atomic E-state index is 12.7. The van der Waals surface area contributed by atoms with E-state index in [-0.39, 0.29) is 48.7 Å². The topological polar surface area (TPSA) is 172 Å². The van der Waals surface area contributed by atoms with Gasteiger partial charge >= 0.3 is 0 Å². The van der Waals surface area contributed by atoms with Crippen LogP contribution in [0.2, 0.25) is 0 Å². The maximum atomic E-state index is 12.7. The normalized spacial score (nSPS) is 21.2. The zero-order valence-electron chi connectivity index (χ0n) is 23.3. The van der Waals surface area contributed by atoms with Gasteiger partial charge in [-0.3, -0.25) is 24.0 Å². The van der Waals surface area contributed by atoms with Crippen molar-refractivity contribution in [3.63, 3.8) is 0 Å². The van der Waals surface area contributed by atoms with Gasteiger partial charge in [0.05, 0.1) is 19.1 Å². The van der Waals surface area contributed by atoms with Crippen molar-refractivity contribution < 1.29 is 24.0 Å². The molecule has 1 saturated heterocycles. The first-order valence-corrected chi connectivity index (χ1v) is 14.2. The van der Waals surface area contributed by atoms with Crippen LogP contribution in [-0.4, -0.2) is 67.3 Å². The number of nitrogens with two attached hydrogens (primary N) is 1. The summed E-state index contributed by atoms with van der Waals surface area (Å²) >= 11 is 0. The molecule has 1 aliphatic heterocycles. The van der Waals surface area contributed by atoms with Crippen molar-refractivity contribution in [3.8, 4) is 0 Å². The number of carbonyl (C=O) groups excluding carboxylic acids is 5. The second-order valence-electron chi connectivity index (χ2n) is 11.2. The summed E-state index contributed by atoms with van der Waals surface area (Å²) in [4.78, 5) is 59.6. The highest BCUT2D eigenvalue weighted by Gasteiger charge is 2.27. The number of hydrogen-bond acceptors (Lipinski definition) is 6. The Kier molecular flexibility index (Phi) is 13.5. The second-order valence-corrected chi connectivity index (χ2v) is 11.2. The van der Waals surface area contributed by atoms with E-state index in [9.17, 15) is 24.0 Å². The molecule has 3 fully saturated rings. The summed E-state index contributed by atoms with van der Waals surface area (Å²) in [6, 6.07) is -1.21. The molecular weight excluding hydrogens is 488 g/mol. The Morgan fingerprint density at radius 1 is 0.895 bits per heavy atom. The van der Waals surface area contributed by atoms with Crippen molar-refractivity contribution in [1.29, 1.82) is 0 Å². The lowest BCUT2D eigenvalue weighted by Crippen LogP contribution is -2.53. The highest BCUT2D eigenvalue weighted by Crippen LogP contribution is 2.27. The first-order chi connectivity index (χ1) is 18.1. The van der Waals surface area contributed by atoms with E-state index in [1.54, 1.807) is 0 Å². The minimum Gasteiger partial charge on any atom is -0.356 e. The molecule has 7 N–H and O–H groups in total. The molecule has 38 heavy (non-hydrogen) atoms. The number of rotatable bonds is 11. The SMILES string of the molecule is CC(C)C(N)C(=O)NCC(=O)NC(CC1CCCCC1)C(=O)NCC(=O)NC1CCC1.CC1CCNC1=O. The quantitative estimate of drug-likeness (QED) is 0.224. The van der Waals surface area contributed by atoms with Gasteiger partial charge in [0.1, 0.15) is 6.04 Å². The summed E-state index contributed by atoms with van der Waals surface area (Å²) in [7, 11) is 0. The minimum absolute atomic E-state index is 0.0426. The summed E-state index contributed by atoms with van der Waals surface area (Å²) in [6.07, 6.45) is 10.1. The molecule has 3 atom stereocenters. The summed E-state index contributed by atoms with van der Waals surface area (Å²) in [5, 5.41) is 13.5. The van der Waals surface area contributed by atoms with Gasteiger partial charge < -0.3 is 32.3 Å². The van der Waals surface area contributed by atoms with Gasteiger partial charge in [0.2, 0.25) is 29.5 Å². The molecule has 0 bridgehead atoms. The van der Waals surface area contributed by atoms with Crippen LogP contribution in [0.5, 0.6) is 0 Å². The Morgan fingerprint density at radius 3 is 2.03 bits per heavy atom. The number of hydrogen-bond donors (Lipinski definition) is 6.